The van der Waals surface area contributed by atoms with Crippen LogP contribution in [-0.2, 0) is 10.0 Å². The quantitative estimate of drug-likeness (QED) is 0.777. The molecule has 1 saturated carbocycles. The van der Waals surface area contributed by atoms with E-state index >= 15 is 0 Å². The molecule has 1 amide bonds. The first-order chi connectivity index (χ1) is 13.3. The van der Waals surface area contributed by atoms with Gasteiger partial charge in [0, 0.05) is 24.6 Å². The number of hydrogen-bond donors (Lipinski definition) is 2. The second kappa shape index (κ2) is 8.45. The Bertz CT molecular complexity index is 919. The van der Waals surface area contributed by atoms with Crippen LogP contribution >= 0.6 is 0 Å². The van der Waals surface area contributed by atoms with Gasteiger partial charge in [-0.15, -0.1) is 0 Å². The lowest BCUT2D eigenvalue weighted by molar-refractivity contribution is 0.0963. The number of carbonyl (C=O) groups is 1. The molecule has 6 heteroatoms. The highest BCUT2D eigenvalue weighted by Crippen LogP contribution is 2.36. The molecule has 150 valence electrons. The number of carbonyl (C=O) groups excluding carboxylic acids is 1. The molecule has 0 spiro atoms. The molecular weight excluding hydrogens is 372 g/mol. The van der Waals surface area contributed by atoms with Crippen molar-refractivity contribution in [2.45, 2.75) is 50.3 Å². The molecule has 2 aromatic rings. The highest BCUT2D eigenvalue weighted by Gasteiger charge is 2.32. The monoisotopic (exact) mass is 400 g/mol. The molecule has 3 rings (SSSR count). The van der Waals surface area contributed by atoms with E-state index < -0.39 is 15.3 Å². The van der Waals surface area contributed by atoms with E-state index in [1.54, 1.807) is 20.9 Å². The van der Waals surface area contributed by atoms with E-state index in [4.69, 9.17) is 0 Å². The first kappa shape index (κ1) is 20.6. The van der Waals surface area contributed by atoms with Crippen LogP contribution in [0.15, 0.2) is 48.5 Å². The summed E-state index contributed by atoms with van der Waals surface area (Å²) in [5, 5.41) is 2.20. The summed E-state index contributed by atoms with van der Waals surface area (Å²) in [6.45, 7) is 3.41. The Morgan fingerprint density at radius 2 is 1.54 bits per heavy atom. The van der Waals surface area contributed by atoms with Gasteiger partial charge >= 0.3 is 0 Å². The summed E-state index contributed by atoms with van der Waals surface area (Å²) in [5.41, 5.74) is 3.92. The minimum absolute atomic E-state index is 0.0370. The summed E-state index contributed by atoms with van der Waals surface area (Å²) in [7, 11) is -1.65. The van der Waals surface area contributed by atoms with Crippen LogP contribution in [0, 0.1) is 0 Å². The topological polar surface area (TPSA) is 75.3 Å². The number of benzene rings is 2. The summed E-state index contributed by atoms with van der Waals surface area (Å²) in [6, 6.07) is 15.8. The van der Waals surface area contributed by atoms with Gasteiger partial charge in [-0.1, -0.05) is 42.8 Å². The van der Waals surface area contributed by atoms with Crippen LogP contribution in [0.3, 0.4) is 0 Å². The van der Waals surface area contributed by atoms with Crippen molar-refractivity contribution < 1.29 is 13.2 Å². The predicted molar refractivity (Wildman–Crippen MR) is 113 cm³/mol. The third kappa shape index (κ3) is 4.45. The van der Waals surface area contributed by atoms with Crippen molar-refractivity contribution >= 4 is 15.9 Å². The first-order valence-electron chi connectivity index (χ1n) is 9.75. The molecule has 2 atom stereocenters. The van der Waals surface area contributed by atoms with Gasteiger partial charge in [0.05, 0.1) is 5.25 Å². The van der Waals surface area contributed by atoms with Crippen molar-refractivity contribution in [3.8, 4) is 11.1 Å². The number of sulfonamides is 1. The fraction of sp³-hybridized carbons (Fsp3) is 0.409. The van der Waals surface area contributed by atoms with E-state index in [1.165, 1.54) is 5.56 Å². The maximum Gasteiger partial charge on any atom is 0.251 e. The molecule has 2 aromatic carbocycles. The van der Waals surface area contributed by atoms with Gasteiger partial charge in [0.2, 0.25) is 10.0 Å². The number of amides is 1. The van der Waals surface area contributed by atoms with Crippen molar-refractivity contribution in [3.63, 3.8) is 0 Å². The van der Waals surface area contributed by atoms with Gasteiger partial charge < -0.3 is 5.32 Å². The Kier molecular flexibility index (Phi) is 6.20. The molecule has 0 radical (unpaired) electrons. The molecule has 1 unspecified atom stereocenters. The maximum atomic E-state index is 12.3. The number of nitrogens with one attached hydrogen (secondary N) is 2. The highest BCUT2D eigenvalue weighted by molar-refractivity contribution is 7.90. The first-order valence-corrected chi connectivity index (χ1v) is 11.3. The van der Waals surface area contributed by atoms with Crippen LogP contribution in [0.5, 0.6) is 0 Å². The highest BCUT2D eigenvalue weighted by atomic mass is 32.2. The lowest BCUT2D eigenvalue weighted by Crippen LogP contribution is -2.40. The van der Waals surface area contributed by atoms with Crippen molar-refractivity contribution in [2.75, 3.05) is 7.05 Å². The molecule has 1 fully saturated rings. The summed E-state index contributed by atoms with van der Waals surface area (Å²) in [4.78, 5) is 11.7. The molecule has 1 aliphatic rings. The van der Waals surface area contributed by atoms with Crippen LogP contribution in [0.1, 0.15) is 54.9 Å². The molecule has 5 nitrogen and oxygen atoms in total. The molecule has 0 heterocycles. The zero-order valence-electron chi connectivity index (χ0n) is 16.6. The Morgan fingerprint density at radius 1 is 0.964 bits per heavy atom. The van der Waals surface area contributed by atoms with Crippen molar-refractivity contribution in [2.24, 2.45) is 0 Å². The van der Waals surface area contributed by atoms with Gasteiger partial charge in [0.15, 0.2) is 0 Å². The molecule has 28 heavy (non-hydrogen) atoms. The summed E-state index contributed by atoms with van der Waals surface area (Å²) >= 11 is 0. The SMILES string of the molecule is CNC(=O)c1ccc(-c2ccc([C@@H]3CCCC3NS(=O)(=O)C(C)C)cc2)cc1. The minimum Gasteiger partial charge on any atom is -0.355 e. The molecule has 1 aliphatic carbocycles. The average Bonchev–Trinajstić information content (AvgIpc) is 3.15. The smallest absolute Gasteiger partial charge is 0.251 e. The summed E-state index contributed by atoms with van der Waals surface area (Å²) in [6.07, 6.45) is 2.89. The van der Waals surface area contributed by atoms with E-state index in [0.717, 1.165) is 30.4 Å². The van der Waals surface area contributed by atoms with Gasteiger partial charge in [0.25, 0.3) is 5.91 Å². The fourth-order valence-corrected chi connectivity index (χ4v) is 4.70. The Labute approximate surface area is 167 Å². The van der Waals surface area contributed by atoms with Crippen molar-refractivity contribution in [3.05, 3.63) is 59.7 Å². The third-order valence-corrected chi connectivity index (χ3v) is 7.37. The van der Waals surface area contributed by atoms with Crippen LogP contribution in [0.2, 0.25) is 0 Å². The fourth-order valence-electron chi connectivity index (χ4n) is 3.73. The second-order valence-electron chi connectivity index (χ2n) is 7.63. The lowest BCUT2D eigenvalue weighted by atomic mass is 9.92. The molecule has 0 bridgehead atoms. The number of hydrogen-bond acceptors (Lipinski definition) is 3. The summed E-state index contributed by atoms with van der Waals surface area (Å²) in [5.74, 6) is 0.108. The van der Waals surface area contributed by atoms with Gasteiger partial charge in [-0.25, -0.2) is 13.1 Å². The van der Waals surface area contributed by atoms with Gasteiger partial charge in [-0.05, 0) is 55.5 Å². The van der Waals surface area contributed by atoms with Crippen LogP contribution < -0.4 is 10.0 Å². The minimum atomic E-state index is -3.27. The second-order valence-corrected chi connectivity index (χ2v) is 9.90. The third-order valence-electron chi connectivity index (χ3n) is 5.50. The zero-order valence-corrected chi connectivity index (χ0v) is 17.4. The van der Waals surface area contributed by atoms with Gasteiger partial charge in [0.1, 0.15) is 0 Å². The molecular formula is C22H28N2O3S. The molecule has 0 saturated heterocycles. The van der Waals surface area contributed by atoms with Gasteiger partial charge in [-0.2, -0.15) is 0 Å². The molecule has 0 aromatic heterocycles. The van der Waals surface area contributed by atoms with Crippen LogP contribution in [0.25, 0.3) is 11.1 Å². The Hall–Kier alpha value is -2.18. The standard InChI is InChI=1S/C22H28N2O3S/c1-15(2)28(26,27)24-21-6-4-5-20(21)18-11-7-16(8-12-18)17-9-13-19(14-10-17)22(25)23-3/h7-15,20-21,24H,4-6H2,1-3H3,(H,23,25)/t20-,21?/m0/s1. The van der Waals surface area contributed by atoms with E-state index in [2.05, 4.69) is 34.3 Å². The summed E-state index contributed by atoms with van der Waals surface area (Å²) < 4.78 is 27.4. The predicted octanol–water partition coefficient (Wildman–Crippen LogP) is 3.68. The van der Waals surface area contributed by atoms with E-state index in [9.17, 15) is 13.2 Å². The largest absolute Gasteiger partial charge is 0.355 e. The van der Waals surface area contributed by atoms with Crippen molar-refractivity contribution in [1.82, 2.24) is 10.0 Å². The normalized spacial score (nSPS) is 19.7. The lowest BCUT2D eigenvalue weighted by Gasteiger charge is -2.23. The van der Waals surface area contributed by atoms with E-state index in [0.29, 0.717) is 5.56 Å². The van der Waals surface area contributed by atoms with Crippen LogP contribution in [-0.4, -0.2) is 32.7 Å². The van der Waals surface area contributed by atoms with E-state index in [-0.39, 0.29) is 17.9 Å². The van der Waals surface area contributed by atoms with E-state index in [1.807, 2.05) is 24.3 Å². The molecule has 0 aliphatic heterocycles. The molecule has 2 N–H and O–H groups in total. The number of rotatable bonds is 6. The zero-order chi connectivity index (χ0) is 20.3. The van der Waals surface area contributed by atoms with Crippen molar-refractivity contribution in [1.29, 1.82) is 0 Å². The maximum absolute atomic E-state index is 12.3. The Balaban J connectivity index is 1.75. The van der Waals surface area contributed by atoms with Gasteiger partial charge in [-0.3, -0.25) is 4.79 Å². The average molecular weight is 401 g/mol. The van der Waals surface area contributed by atoms with Crippen LogP contribution in [0.4, 0.5) is 0 Å². The Morgan fingerprint density at radius 3 is 2.07 bits per heavy atom.